The number of aliphatic carboxylic acids is 1. The highest BCUT2D eigenvalue weighted by Crippen LogP contribution is 2.19. The molecule has 110 valence electrons. The molecule has 2 unspecified atom stereocenters. The summed E-state index contributed by atoms with van der Waals surface area (Å²) in [7, 11) is 0. The van der Waals surface area contributed by atoms with Crippen molar-refractivity contribution in [2.75, 3.05) is 24.6 Å². The summed E-state index contributed by atoms with van der Waals surface area (Å²) in [4.78, 5) is 25.0. The number of carboxylic acids is 1. The van der Waals surface area contributed by atoms with Crippen molar-refractivity contribution in [3.8, 4) is 0 Å². The molecule has 1 rings (SSSR count). The van der Waals surface area contributed by atoms with Crippen molar-refractivity contribution >= 4 is 23.6 Å². The molecule has 1 saturated heterocycles. The molecule has 1 amide bonds. The standard InChI is InChI=1S/C13H24N2O3S/c1-9(2)4-5-14-12(16)10(3)15-6-7-19-8-11(15)13(17)18/h9-11H,4-8H2,1-3H3,(H,14,16)(H,17,18). The Hall–Kier alpha value is -0.750. The molecule has 6 heteroatoms. The maximum absolute atomic E-state index is 12.0. The summed E-state index contributed by atoms with van der Waals surface area (Å²) in [6.07, 6.45) is 0.941. The number of hydrogen-bond acceptors (Lipinski definition) is 4. The summed E-state index contributed by atoms with van der Waals surface area (Å²) >= 11 is 1.63. The summed E-state index contributed by atoms with van der Waals surface area (Å²) in [6, 6.07) is -0.932. The fourth-order valence-corrected chi connectivity index (χ4v) is 3.14. The zero-order chi connectivity index (χ0) is 14.4. The summed E-state index contributed by atoms with van der Waals surface area (Å²) < 4.78 is 0. The van der Waals surface area contributed by atoms with Gasteiger partial charge in [-0.2, -0.15) is 11.8 Å². The summed E-state index contributed by atoms with van der Waals surface area (Å²) in [6.45, 7) is 7.31. The van der Waals surface area contributed by atoms with E-state index in [1.807, 2.05) is 0 Å². The van der Waals surface area contributed by atoms with Gasteiger partial charge >= 0.3 is 5.97 Å². The predicted molar refractivity (Wildman–Crippen MR) is 77.4 cm³/mol. The minimum absolute atomic E-state index is 0.0706. The summed E-state index contributed by atoms with van der Waals surface area (Å²) in [5, 5.41) is 12.1. The lowest BCUT2D eigenvalue weighted by Gasteiger charge is -2.36. The quantitative estimate of drug-likeness (QED) is 0.764. The van der Waals surface area contributed by atoms with Gasteiger partial charge in [0.1, 0.15) is 6.04 Å². The van der Waals surface area contributed by atoms with Crippen LogP contribution >= 0.6 is 11.8 Å². The van der Waals surface area contributed by atoms with Gasteiger partial charge in [0.25, 0.3) is 0 Å². The molecule has 1 aliphatic rings. The fraction of sp³-hybridized carbons (Fsp3) is 0.846. The van der Waals surface area contributed by atoms with Crippen LogP contribution in [0.4, 0.5) is 0 Å². The number of nitrogens with zero attached hydrogens (tertiary/aromatic N) is 1. The van der Waals surface area contributed by atoms with E-state index >= 15 is 0 Å². The number of thioether (sulfide) groups is 1. The van der Waals surface area contributed by atoms with Crippen LogP contribution in [0.15, 0.2) is 0 Å². The van der Waals surface area contributed by atoms with Crippen LogP contribution in [0.3, 0.4) is 0 Å². The van der Waals surface area contributed by atoms with Crippen molar-refractivity contribution in [3.05, 3.63) is 0 Å². The van der Waals surface area contributed by atoms with Crippen molar-refractivity contribution in [3.63, 3.8) is 0 Å². The molecule has 2 N–H and O–H groups in total. The highest BCUT2D eigenvalue weighted by atomic mass is 32.2. The van der Waals surface area contributed by atoms with Gasteiger partial charge in [0, 0.05) is 24.6 Å². The molecule has 2 atom stereocenters. The third kappa shape index (κ3) is 5.03. The molecular formula is C13H24N2O3S. The Kier molecular flexibility index (Phi) is 6.65. The van der Waals surface area contributed by atoms with Gasteiger partial charge in [0.2, 0.25) is 5.91 Å². The minimum Gasteiger partial charge on any atom is -0.480 e. The summed E-state index contributed by atoms with van der Waals surface area (Å²) in [5.41, 5.74) is 0. The zero-order valence-electron chi connectivity index (χ0n) is 11.9. The Bertz CT molecular complexity index is 323. The number of carbonyl (C=O) groups excluding carboxylic acids is 1. The molecular weight excluding hydrogens is 264 g/mol. The number of nitrogens with one attached hydrogen (secondary N) is 1. The molecule has 0 aromatic rings. The third-order valence-corrected chi connectivity index (χ3v) is 4.38. The van der Waals surface area contributed by atoms with E-state index in [2.05, 4.69) is 19.2 Å². The van der Waals surface area contributed by atoms with Crippen LogP contribution in [0.5, 0.6) is 0 Å². The largest absolute Gasteiger partial charge is 0.480 e. The van der Waals surface area contributed by atoms with E-state index in [0.29, 0.717) is 24.8 Å². The van der Waals surface area contributed by atoms with E-state index in [0.717, 1.165) is 12.2 Å². The first-order chi connectivity index (χ1) is 8.93. The molecule has 0 aliphatic carbocycles. The second kappa shape index (κ2) is 7.75. The molecule has 1 heterocycles. The van der Waals surface area contributed by atoms with Crippen LogP contribution in [0.25, 0.3) is 0 Å². The number of rotatable bonds is 6. The molecule has 1 aliphatic heterocycles. The molecule has 19 heavy (non-hydrogen) atoms. The molecule has 0 saturated carbocycles. The Morgan fingerprint density at radius 2 is 2.11 bits per heavy atom. The maximum Gasteiger partial charge on any atom is 0.321 e. The van der Waals surface area contributed by atoms with Gasteiger partial charge in [-0.1, -0.05) is 13.8 Å². The van der Waals surface area contributed by atoms with Crippen LogP contribution in [0.2, 0.25) is 0 Å². The number of amides is 1. The van der Waals surface area contributed by atoms with Crippen molar-refractivity contribution < 1.29 is 14.7 Å². The zero-order valence-corrected chi connectivity index (χ0v) is 12.7. The predicted octanol–water partition coefficient (Wildman–Crippen LogP) is 1.04. The van der Waals surface area contributed by atoms with Crippen LogP contribution < -0.4 is 5.32 Å². The Morgan fingerprint density at radius 3 is 2.68 bits per heavy atom. The second-order valence-corrected chi connectivity index (χ2v) is 6.47. The highest BCUT2D eigenvalue weighted by molar-refractivity contribution is 7.99. The average Bonchev–Trinajstić information content (AvgIpc) is 2.37. The molecule has 0 aromatic heterocycles. The summed E-state index contributed by atoms with van der Waals surface area (Å²) in [5.74, 6) is 1.08. The van der Waals surface area contributed by atoms with Gasteiger partial charge in [0.15, 0.2) is 0 Å². The van der Waals surface area contributed by atoms with Crippen LogP contribution in [-0.2, 0) is 9.59 Å². The van der Waals surface area contributed by atoms with E-state index in [-0.39, 0.29) is 11.9 Å². The fourth-order valence-electron chi connectivity index (χ4n) is 2.08. The lowest BCUT2D eigenvalue weighted by Crippen LogP contribution is -2.56. The van der Waals surface area contributed by atoms with E-state index in [9.17, 15) is 14.7 Å². The van der Waals surface area contributed by atoms with E-state index in [1.54, 1.807) is 23.6 Å². The lowest BCUT2D eigenvalue weighted by atomic mass is 10.1. The first-order valence-corrected chi connectivity index (χ1v) is 7.93. The molecule has 0 spiro atoms. The number of carbonyl (C=O) groups is 2. The van der Waals surface area contributed by atoms with Gasteiger partial charge in [-0.05, 0) is 19.3 Å². The first-order valence-electron chi connectivity index (χ1n) is 6.77. The van der Waals surface area contributed by atoms with Crippen molar-refractivity contribution in [2.45, 2.75) is 39.3 Å². The molecule has 0 bridgehead atoms. The Balaban J connectivity index is 2.51. The van der Waals surface area contributed by atoms with Gasteiger partial charge in [-0.15, -0.1) is 0 Å². The van der Waals surface area contributed by atoms with E-state index in [1.165, 1.54) is 0 Å². The SMILES string of the molecule is CC(C)CCNC(=O)C(C)N1CCSCC1C(=O)O. The highest BCUT2D eigenvalue weighted by Gasteiger charge is 2.34. The van der Waals surface area contributed by atoms with Crippen LogP contribution in [0.1, 0.15) is 27.2 Å². The van der Waals surface area contributed by atoms with Crippen LogP contribution in [-0.4, -0.2) is 58.6 Å². The molecule has 1 fully saturated rings. The van der Waals surface area contributed by atoms with Gasteiger partial charge in [-0.3, -0.25) is 14.5 Å². The molecule has 0 radical (unpaired) electrons. The maximum atomic E-state index is 12.0. The Labute approximate surface area is 119 Å². The Morgan fingerprint density at radius 1 is 1.42 bits per heavy atom. The molecule has 0 aromatic carbocycles. The van der Waals surface area contributed by atoms with Gasteiger partial charge in [0.05, 0.1) is 6.04 Å². The van der Waals surface area contributed by atoms with Gasteiger partial charge < -0.3 is 10.4 Å². The first kappa shape index (κ1) is 16.3. The topological polar surface area (TPSA) is 69.6 Å². The van der Waals surface area contributed by atoms with Crippen molar-refractivity contribution in [2.24, 2.45) is 5.92 Å². The van der Waals surface area contributed by atoms with E-state index in [4.69, 9.17) is 0 Å². The van der Waals surface area contributed by atoms with Crippen molar-refractivity contribution in [1.29, 1.82) is 0 Å². The normalized spacial score (nSPS) is 22.2. The lowest BCUT2D eigenvalue weighted by molar-refractivity contribution is -0.144. The molecule has 5 nitrogen and oxygen atoms in total. The average molecular weight is 288 g/mol. The third-order valence-electron chi connectivity index (χ3n) is 3.35. The van der Waals surface area contributed by atoms with Crippen LogP contribution in [0, 0.1) is 5.92 Å². The number of hydrogen-bond donors (Lipinski definition) is 2. The van der Waals surface area contributed by atoms with E-state index < -0.39 is 12.0 Å². The monoisotopic (exact) mass is 288 g/mol. The minimum atomic E-state index is -0.839. The second-order valence-electron chi connectivity index (χ2n) is 5.32. The van der Waals surface area contributed by atoms with Crippen molar-refractivity contribution in [1.82, 2.24) is 10.2 Å². The van der Waals surface area contributed by atoms with Gasteiger partial charge in [-0.25, -0.2) is 0 Å². The smallest absolute Gasteiger partial charge is 0.321 e. The number of carboxylic acid groups (broad SMARTS) is 1.